The van der Waals surface area contributed by atoms with E-state index in [1.807, 2.05) is 12.2 Å². The molecule has 0 aliphatic heterocycles. The Kier molecular flexibility index (Phi) is 7.17. The molecule has 0 spiro atoms. The summed E-state index contributed by atoms with van der Waals surface area (Å²) < 4.78 is 0. The first-order valence-corrected chi connectivity index (χ1v) is 15.6. The Hall–Kier alpha value is -6.21. The molecule has 216 valence electrons. The van der Waals surface area contributed by atoms with Gasteiger partial charge in [-0.15, -0.1) is 0 Å². The van der Waals surface area contributed by atoms with Gasteiger partial charge >= 0.3 is 0 Å². The van der Waals surface area contributed by atoms with E-state index >= 15 is 0 Å². The van der Waals surface area contributed by atoms with E-state index in [2.05, 4.69) is 192 Å². The van der Waals surface area contributed by atoms with Crippen molar-refractivity contribution in [3.63, 3.8) is 0 Å². The highest BCUT2D eigenvalue weighted by atomic mass is 15.2. The molecule has 7 aromatic rings. The number of nitrogens with zero attached hydrogens (tertiary/aromatic N) is 2. The van der Waals surface area contributed by atoms with Crippen molar-refractivity contribution < 1.29 is 0 Å². The molecule has 2 nitrogen and oxygen atoms in total. The zero-order valence-electron chi connectivity index (χ0n) is 25.3. The molecule has 7 aromatic carbocycles. The predicted octanol–water partition coefficient (Wildman–Crippen LogP) is 12.1. The molecule has 1 aliphatic rings. The van der Waals surface area contributed by atoms with E-state index in [1.54, 1.807) is 0 Å². The van der Waals surface area contributed by atoms with Gasteiger partial charge in [-0.3, -0.25) is 4.90 Å². The van der Waals surface area contributed by atoms with Gasteiger partial charge in [0.2, 0.25) is 0 Å². The van der Waals surface area contributed by atoms with E-state index in [0.29, 0.717) is 0 Å². The van der Waals surface area contributed by atoms with Gasteiger partial charge in [-0.05, 0) is 70.4 Å². The fraction of sp³-hybridized carbons (Fsp3) is 0. The largest absolute Gasteiger partial charge is 0.310 e. The van der Waals surface area contributed by atoms with E-state index < -0.39 is 0 Å². The van der Waals surface area contributed by atoms with Crippen LogP contribution in [0.3, 0.4) is 0 Å². The molecule has 46 heavy (non-hydrogen) atoms. The summed E-state index contributed by atoms with van der Waals surface area (Å²) in [6.07, 6.45) is 11.3. The second kappa shape index (κ2) is 12.1. The van der Waals surface area contributed by atoms with Crippen molar-refractivity contribution in [1.29, 1.82) is 0 Å². The standard InChI is InChI=1S/C44H31N2/c1-3-17-37(18-4-1)45(43-23-11-15-35-13-7-9-21-41(35)43)39-29-25-33(26-30-39)34-27-31-40(32-28-34)46(38-19-5-2-6-20-38)44-24-12-16-36-14-8-10-22-42(36)44/h1,3-32H/q+1. The Balaban J connectivity index is 1.16. The highest BCUT2D eigenvalue weighted by Gasteiger charge is 2.20. The molecule has 0 fully saturated rings. The third kappa shape index (κ3) is 5.14. The molecule has 8 rings (SSSR count). The predicted molar refractivity (Wildman–Crippen MR) is 195 cm³/mol. The molecular formula is C44H31N2+. The zero-order valence-corrected chi connectivity index (χ0v) is 25.3. The second-order valence-corrected chi connectivity index (χ2v) is 11.4. The molecule has 0 radical (unpaired) electrons. The Morgan fingerprint density at radius 2 is 0.870 bits per heavy atom. The molecule has 0 unspecified atom stereocenters. The van der Waals surface area contributed by atoms with Crippen LogP contribution in [0.15, 0.2) is 194 Å². The van der Waals surface area contributed by atoms with Gasteiger partial charge in [-0.1, -0.05) is 115 Å². The Morgan fingerprint density at radius 3 is 1.43 bits per heavy atom. The van der Waals surface area contributed by atoms with Crippen molar-refractivity contribution in [3.05, 3.63) is 200 Å². The molecule has 0 saturated heterocycles. The van der Waals surface area contributed by atoms with Crippen LogP contribution >= 0.6 is 0 Å². The molecule has 0 atom stereocenters. The molecular weight excluding hydrogens is 556 g/mol. The lowest BCUT2D eigenvalue weighted by Crippen LogP contribution is -2.16. The van der Waals surface area contributed by atoms with E-state index in [-0.39, 0.29) is 0 Å². The van der Waals surface area contributed by atoms with E-state index in [4.69, 9.17) is 0 Å². The van der Waals surface area contributed by atoms with Crippen LogP contribution in [0.1, 0.15) is 0 Å². The van der Waals surface area contributed by atoms with Gasteiger partial charge < -0.3 is 4.90 Å². The lowest BCUT2D eigenvalue weighted by Gasteiger charge is -2.27. The van der Waals surface area contributed by atoms with Gasteiger partial charge in [0.1, 0.15) is 12.2 Å². The zero-order chi connectivity index (χ0) is 30.7. The third-order valence-corrected chi connectivity index (χ3v) is 8.57. The first-order chi connectivity index (χ1) is 22.8. The summed E-state index contributed by atoms with van der Waals surface area (Å²) in [6, 6.07) is 58.5. The summed E-state index contributed by atoms with van der Waals surface area (Å²) in [5.74, 6) is 0. The van der Waals surface area contributed by atoms with Gasteiger partial charge in [0, 0.05) is 33.9 Å². The Labute approximate surface area is 270 Å². The number of fused-ring (bicyclic) bond motifs is 2. The average Bonchev–Trinajstić information content (AvgIpc) is 3.14. The summed E-state index contributed by atoms with van der Waals surface area (Å²) >= 11 is 0. The van der Waals surface area contributed by atoms with Gasteiger partial charge in [0.25, 0.3) is 0 Å². The second-order valence-electron chi connectivity index (χ2n) is 11.4. The molecule has 0 heterocycles. The monoisotopic (exact) mass is 587 g/mol. The van der Waals surface area contributed by atoms with Crippen molar-refractivity contribution in [2.24, 2.45) is 0 Å². The molecule has 0 bridgehead atoms. The fourth-order valence-electron chi connectivity index (χ4n) is 6.37. The number of para-hydroxylation sites is 1. The van der Waals surface area contributed by atoms with E-state index in [9.17, 15) is 0 Å². The molecule has 0 saturated carbocycles. The average molecular weight is 588 g/mol. The fourth-order valence-corrected chi connectivity index (χ4v) is 6.37. The minimum Gasteiger partial charge on any atom is -0.310 e. The van der Waals surface area contributed by atoms with Crippen LogP contribution in [-0.2, 0) is 0 Å². The van der Waals surface area contributed by atoms with Crippen LogP contribution in [0.4, 0.5) is 28.4 Å². The number of hydrogen-bond acceptors (Lipinski definition) is 2. The smallest absolute Gasteiger partial charge is 0.160 e. The summed E-state index contributed by atoms with van der Waals surface area (Å²) in [6.45, 7) is 0. The van der Waals surface area contributed by atoms with Crippen LogP contribution in [0.5, 0.6) is 0 Å². The molecule has 0 amide bonds. The van der Waals surface area contributed by atoms with Crippen molar-refractivity contribution in [2.75, 3.05) is 9.80 Å². The highest BCUT2D eigenvalue weighted by Crippen LogP contribution is 2.40. The lowest BCUT2D eigenvalue weighted by atomic mass is 10.0. The van der Waals surface area contributed by atoms with E-state index in [0.717, 1.165) is 34.1 Å². The first kappa shape index (κ1) is 27.3. The first-order valence-electron chi connectivity index (χ1n) is 15.6. The number of rotatable bonds is 7. The van der Waals surface area contributed by atoms with Crippen molar-refractivity contribution >= 4 is 50.0 Å². The Bertz CT molecular complexity index is 2230. The third-order valence-electron chi connectivity index (χ3n) is 8.57. The van der Waals surface area contributed by atoms with Crippen LogP contribution < -0.4 is 9.80 Å². The maximum absolute atomic E-state index is 3.17. The normalized spacial score (nSPS) is 12.1. The molecule has 1 aliphatic carbocycles. The molecule has 0 N–H and O–H groups in total. The van der Waals surface area contributed by atoms with Gasteiger partial charge in [-0.25, -0.2) is 0 Å². The quantitative estimate of drug-likeness (QED) is 0.171. The maximum atomic E-state index is 3.17. The van der Waals surface area contributed by atoms with Crippen molar-refractivity contribution in [2.45, 2.75) is 0 Å². The minimum atomic E-state index is 1.10. The number of benzene rings is 7. The summed E-state index contributed by atoms with van der Waals surface area (Å²) in [5, 5.41) is 4.88. The Morgan fingerprint density at radius 1 is 0.391 bits per heavy atom. The number of anilines is 5. The summed E-state index contributed by atoms with van der Waals surface area (Å²) in [7, 11) is 0. The topological polar surface area (TPSA) is 6.48 Å². The number of allylic oxidation sites excluding steroid dienone is 5. The summed E-state index contributed by atoms with van der Waals surface area (Å²) in [4.78, 5) is 4.67. The summed E-state index contributed by atoms with van der Waals surface area (Å²) in [5.41, 5.74) is 9.10. The van der Waals surface area contributed by atoms with Crippen molar-refractivity contribution in [3.8, 4) is 11.1 Å². The molecule has 2 heteroatoms. The van der Waals surface area contributed by atoms with E-state index in [1.165, 1.54) is 32.7 Å². The van der Waals surface area contributed by atoms with Crippen LogP contribution in [0.25, 0.3) is 32.7 Å². The van der Waals surface area contributed by atoms with Crippen molar-refractivity contribution in [1.82, 2.24) is 0 Å². The molecule has 0 aromatic heterocycles. The van der Waals surface area contributed by atoms with Gasteiger partial charge in [-0.2, -0.15) is 0 Å². The van der Waals surface area contributed by atoms with Crippen LogP contribution in [-0.4, -0.2) is 0 Å². The number of hydrogen-bond donors (Lipinski definition) is 0. The van der Waals surface area contributed by atoms with Crippen LogP contribution in [0.2, 0.25) is 0 Å². The minimum absolute atomic E-state index is 1.10. The lowest BCUT2D eigenvalue weighted by molar-refractivity contribution is 1.21. The highest BCUT2D eigenvalue weighted by molar-refractivity contribution is 5.99. The SMILES string of the molecule is [C+]1=CC=C(N(c2ccc(-c3ccc(N(c4ccccc4)c4cccc5ccccc45)cc3)cc2)c2cccc3ccccc23)C=C1. The van der Waals surface area contributed by atoms with Crippen LogP contribution in [0, 0.1) is 6.08 Å². The van der Waals surface area contributed by atoms with Gasteiger partial charge in [0.05, 0.1) is 23.5 Å². The maximum Gasteiger partial charge on any atom is 0.160 e. The van der Waals surface area contributed by atoms with Gasteiger partial charge in [0.15, 0.2) is 5.70 Å².